The molecule has 4 N–H and O–H groups in total. The second-order valence-electron chi connectivity index (χ2n) is 4.10. The number of hydrogen-bond acceptors (Lipinski definition) is 5. The molecule has 0 amide bonds. The van der Waals surface area contributed by atoms with Crippen molar-refractivity contribution in [3.63, 3.8) is 0 Å². The minimum atomic E-state index is 0.450. The molecule has 5 nitrogen and oxygen atoms in total. The topological polar surface area (TPSA) is 75.9 Å². The SMILES string of the molecule is CCCc1c(NN)ncnc1NC(CC)CC. The zero-order chi connectivity index (χ0) is 12.7. The minimum Gasteiger partial charge on any atom is -0.367 e. The highest BCUT2D eigenvalue weighted by Crippen LogP contribution is 2.22. The molecule has 1 rings (SSSR count). The first-order chi connectivity index (χ1) is 8.26. The molecule has 0 aliphatic carbocycles. The van der Waals surface area contributed by atoms with Crippen LogP contribution in [-0.2, 0) is 6.42 Å². The molecule has 0 atom stereocenters. The van der Waals surface area contributed by atoms with E-state index in [-0.39, 0.29) is 0 Å². The van der Waals surface area contributed by atoms with E-state index in [1.54, 1.807) is 6.33 Å². The normalized spacial score (nSPS) is 10.6. The van der Waals surface area contributed by atoms with Gasteiger partial charge in [-0.15, -0.1) is 0 Å². The zero-order valence-corrected chi connectivity index (χ0v) is 11.0. The Morgan fingerprint density at radius 1 is 1.18 bits per heavy atom. The predicted molar refractivity (Wildman–Crippen MR) is 71.8 cm³/mol. The highest BCUT2D eigenvalue weighted by molar-refractivity contribution is 5.57. The first kappa shape index (κ1) is 13.7. The summed E-state index contributed by atoms with van der Waals surface area (Å²) in [6.45, 7) is 6.47. The fraction of sp³-hybridized carbons (Fsp3) is 0.667. The third-order valence-electron chi connectivity index (χ3n) is 2.91. The molecule has 0 aliphatic heterocycles. The lowest BCUT2D eigenvalue weighted by molar-refractivity contribution is 0.666. The summed E-state index contributed by atoms with van der Waals surface area (Å²) in [5.41, 5.74) is 3.71. The van der Waals surface area contributed by atoms with E-state index in [1.165, 1.54) is 0 Å². The van der Waals surface area contributed by atoms with Gasteiger partial charge in [0.25, 0.3) is 0 Å². The number of hydrogen-bond donors (Lipinski definition) is 3. The summed E-state index contributed by atoms with van der Waals surface area (Å²) in [6, 6.07) is 0.450. The summed E-state index contributed by atoms with van der Waals surface area (Å²) in [5, 5.41) is 3.46. The summed E-state index contributed by atoms with van der Waals surface area (Å²) in [7, 11) is 0. The summed E-state index contributed by atoms with van der Waals surface area (Å²) < 4.78 is 0. The molecule has 1 heterocycles. The van der Waals surface area contributed by atoms with Crippen LogP contribution in [-0.4, -0.2) is 16.0 Å². The number of hydrazine groups is 1. The fourth-order valence-corrected chi connectivity index (χ4v) is 1.83. The molecular weight excluding hydrogens is 214 g/mol. The second kappa shape index (κ2) is 7.06. The van der Waals surface area contributed by atoms with Gasteiger partial charge in [0.15, 0.2) is 0 Å². The maximum absolute atomic E-state index is 5.48. The van der Waals surface area contributed by atoms with Gasteiger partial charge in [-0.3, -0.25) is 0 Å². The van der Waals surface area contributed by atoms with Gasteiger partial charge in [0.05, 0.1) is 0 Å². The maximum Gasteiger partial charge on any atom is 0.148 e. The van der Waals surface area contributed by atoms with Gasteiger partial charge in [-0.2, -0.15) is 0 Å². The van der Waals surface area contributed by atoms with Gasteiger partial charge in [0, 0.05) is 11.6 Å². The van der Waals surface area contributed by atoms with Gasteiger partial charge in [-0.05, 0) is 19.3 Å². The maximum atomic E-state index is 5.48. The Morgan fingerprint density at radius 2 is 1.82 bits per heavy atom. The van der Waals surface area contributed by atoms with Crippen LogP contribution in [0.3, 0.4) is 0 Å². The first-order valence-corrected chi connectivity index (χ1v) is 6.33. The Kier molecular flexibility index (Phi) is 5.69. The smallest absolute Gasteiger partial charge is 0.148 e. The molecule has 0 saturated carbocycles. The number of nitrogens with one attached hydrogen (secondary N) is 2. The van der Waals surface area contributed by atoms with Gasteiger partial charge in [-0.1, -0.05) is 27.2 Å². The quantitative estimate of drug-likeness (QED) is 0.501. The van der Waals surface area contributed by atoms with Gasteiger partial charge in [0.2, 0.25) is 0 Å². The molecule has 0 saturated heterocycles. The van der Waals surface area contributed by atoms with Crippen molar-refractivity contribution in [1.29, 1.82) is 0 Å². The molecule has 0 bridgehead atoms. The Morgan fingerprint density at radius 3 is 2.35 bits per heavy atom. The zero-order valence-electron chi connectivity index (χ0n) is 11.0. The first-order valence-electron chi connectivity index (χ1n) is 6.33. The van der Waals surface area contributed by atoms with E-state index < -0.39 is 0 Å². The molecule has 1 aromatic heterocycles. The van der Waals surface area contributed by atoms with Crippen LogP contribution < -0.4 is 16.6 Å². The van der Waals surface area contributed by atoms with Gasteiger partial charge in [0.1, 0.15) is 18.0 Å². The number of nitrogens with zero attached hydrogens (tertiary/aromatic N) is 2. The molecule has 0 fully saturated rings. The molecule has 0 aromatic carbocycles. The summed E-state index contributed by atoms with van der Waals surface area (Å²) in [4.78, 5) is 8.47. The van der Waals surface area contributed by atoms with E-state index in [0.717, 1.165) is 42.9 Å². The van der Waals surface area contributed by atoms with Gasteiger partial charge >= 0.3 is 0 Å². The van der Waals surface area contributed by atoms with Crippen molar-refractivity contribution in [2.75, 3.05) is 10.7 Å². The molecule has 0 radical (unpaired) electrons. The van der Waals surface area contributed by atoms with Crippen LogP contribution in [0.4, 0.5) is 11.6 Å². The molecule has 1 aromatic rings. The van der Waals surface area contributed by atoms with Crippen LogP contribution in [0.1, 0.15) is 45.6 Å². The van der Waals surface area contributed by atoms with E-state index >= 15 is 0 Å². The lowest BCUT2D eigenvalue weighted by Gasteiger charge is -2.19. The molecular formula is C12H23N5. The van der Waals surface area contributed by atoms with Crippen molar-refractivity contribution in [2.45, 2.75) is 52.5 Å². The lowest BCUT2D eigenvalue weighted by Crippen LogP contribution is -2.21. The van der Waals surface area contributed by atoms with Crippen molar-refractivity contribution >= 4 is 11.6 Å². The van der Waals surface area contributed by atoms with Crippen LogP contribution in [0.15, 0.2) is 6.33 Å². The van der Waals surface area contributed by atoms with Crippen LogP contribution in [0, 0.1) is 0 Å². The number of nitrogen functional groups attached to an aromatic ring is 1. The highest BCUT2D eigenvalue weighted by Gasteiger charge is 2.12. The van der Waals surface area contributed by atoms with Crippen LogP contribution >= 0.6 is 0 Å². The Hall–Kier alpha value is -1.36. The average molecular weight is 237 g/mol. The number of anilines is 2. The number of rotatable bonds is 7. The monoisotopic (exact) mass is 237 g/mol. The molecule has 0 unspecified atom stereocenters. The molecule has 5 heteroatoms. The Balaban J connectivity index is 2.96. The van der Waals surface area contributed by atoms with Gasteiger partial charge < -0.3 is 10.7 Å². The van der Waals surface area contributed by atoms with E-state index in [2.05, 4.69) is 41.5 Å². The highest BCUT2D eigenvalue weighted by atomic mass is 15.3. The molecule has 0 spiro atoms. The summed E-state index contributed by atoms with van der Waals surface area (Å²) >= 11 is 0. The number of aromatic nitrogens is 2. The van der Waals surface area contributed by atoms with E-state index in [0.29, 0.717) is 6.04 Å². The van der Waals surface area contributed by atoms with Crippen molar-refractivity contribution in [2.24, 2.45) is 5.84 Å². The van der Waals surface area contributed by atoms with E-state index in [4.69, 9.17) is 5.84 Å². The van der Waals surface area contributed by atoms with E-state index in [1.807, 2.05) is 0 Å². The van der Waals surface area contributed by atoms with Crippen LogP contribution in [0.2, 0.25) is 0 Å². The molecule has 0 aliphatic rings. The number of nitrogens with two attached hydrogens (primary N) is 1. The molecule has 96 valence electrons. The van der Waals surface area contributed by atoms with Crippen molar-refractivity contribution in [3.05, 3.63) is 11.9 Å². The average Bonchev–Trinajstić information content (AvgIpc) is 2.37. The standard InChI is InChI=1S/C12H23N5/c1-4-7-10-11(16-9(5-2)6-3)14-8-15-12(10)17-13/h8-9H,4-7,13H2,1-3H3,(H2,14,15,16,17). The minimum absolute atomic E-state index is 0.450. The van der Waals surface area contributed by atoms with Crippen LogP contribution in [0.5, 0.6) is 0 Å². The summed E-state index contributed by atoms with van der Waals surface area (Å²) in [5.74, 6) is 7.10. The van der Waals surface area contributed by atoms with Crippen molar-refractivity contribution in [1.82, 2.24) is 9.97 Å². The largest absolute Gasteiger partial charge is 0.367 e. The van der Waals surface area contributed by atoms with Crippen molar-refractivity contribution < 1.29 is 0 Å². The second-order valence-corrected chi connectivity index (χ2v) is 4.10. The van der Waals surface area contributed by atoms with Crippen LogP contribution in [0.25, 0.3) is 0 Å². The third-order valence-corrected chi connectivity index (χ3v) is 2.91. The van der Waals surface area contributed by atoms with Gasteiger partial charge in [-0.25, -0.2) is 15.8 Å². The Labute approximate surface area is 103 Å². The van der Waals surface area contributed by atoms with Crippen molar-refractivity contribution in [3.8, 4) is 0 Å². The lowest BCUT2D eigenvalue weighted by atomic mass is 10.1. The van der Waals surface area contributed by atoms with E-state index in [9.17, 15) is 0 Å². The Bertz CT molecular complexity index is 336. The third kappa shape index (κ3) is 3.56. The summed E-state index contributed by atoms with van der Waals surface area (Å²) in [6.07, 6.45) is 5.66. The molecule has 17 heavy (non-hydrogen) atoms. The predicted octanol–water partition coefficient (Wildman–Crippen LogP) is 2.32. The fourth-order valence-electron chi connectivity index (χ4n) is 1.83.